The maximum Gasteiger partial charge on any atom is 0.0860 e. The summed E-state index contributed by atoms with van der Waals surface area (Å²) < 4.78 is 6.66. The Morgan fingerprint density at radius 2 is 1.81 bits per heavy atom. The number of aliphatic hydroxyl groups is 1. The van der Waals surface area contributed by atoms with E-state index in [0.717, 1.165) is 18.8 Å². The molecule has 2 N–H and O–H groups in total. The third-order valence-corrected chi connectivity index (χ3v) is 10.9. The second-order valence-electron chi connectivity index (χ2n) is 12.5. The molecule has 3 fully saturated rings. The lowest BCUT2D eigenvalue weighted by molar-refractivity contribution is -0.246. The van der Waals surface area contributed by atoms with E-state index in [2.05, 4.69) is 50.0 Å². The number of nitrogens with one attached hydrogen (secondary N) is 1. The zero-order valence-electron chi connectivity index (χ0n) is 19.9. The second-order valence-corrected chi connectivity index (χ2v) is 12.5. The van der Waals surface area contributed by atoms with Gasteiger partial charge in [-0.1, -0.05) is 39.0 Å². The average molecular weight is 422 g/mol. The monoisotopic (exact) mass is 421 g/mol. The molecule has 2 aromatic rings. The topological polar surface area (TPSA) is 45.2 Å². The van der Waals surface area contributed by atoms with Crippen LogP contribution < -0.4 is 0 Å². The van der Waals surface area contributed by atoms with Gasteiger partial charge in [0.25, 0.3) is 0 Å². The molecule has 2 heterocycles. The molecule has 3 aliphatic carbocycles. The SMILES string of the molecule is CC(C)(O)[C@@H]1CC[C@]2(C)[C@H](CC[C@@]3(C)[C@H]2CC[C@H]2Cc4c([nH]c5ccccc45)[C@@]23C)O1. The maximum atomic E-state index is 10.6. The minimum atomic E-state index is -0.754. The average Bonchev–Trinajstić information content (AvgIpc) is 3.22. The zero-order chi connectivity index (χ0) is 21.8. The Labute approximate surface area is 187 Å². The molecule has 3 nitrogen and oxygen atoms in total. The van der Waals surface area contributed by atoms with Gasteiger partial charge >= 0.3 is 0 Å². The fourth-order valence-electron chi connectivity index (χ4n) is 8.96. The molecule has 0 spiro atoms. The molecule has 3 heteroatoms. The van der Waals surface area contributed by atoms with Crippen LogP contribution in [0.5, 0.6) is 0 Å². The van der Waals surface area contributed by atoms with Gasteiger partial charge < -0.3 is 14.8 Å². The molecule has 31 heavy (non-hydrogen) atoms. The number of ether oxygens (including phenoxy) is 1. The lowest BCUT2D eigenvalue weighted by Crippen LogP contribution is -2.64. The number of para-hydroxylation sites is 1. The first-order chi connectivity index (χ1) is 14.6. The summed E-state index contributed by atoms with van der Waals surface area (Å²) in [6, 6.07) is 8.91. The summed E-state index contributed by atoms with van der Waals surface area (Å²) in [6.45, 7) is 11.6. The van der Waals surface area contributed by atoms with Gasteiger partial charge in [0.05, 0.1) is 17.8 Å². The summed E-state index contributed by atoms with van der Waals surface area (Å²) in [5, 5.41) is 12.1. The number of hydrogen-bond acceptors (Lipinski definition) is 2. The summed E-state index contributed by atoms with van der Waals surface area (Å²) in [7, 11) is 0. The van der Waals surface area contributed by atoms with Gasteiger partial charge in [-0.25, -0.2) is 0 Å². The number of rotatable bonds is 1. The number of aromatic nitrogens is 1. The van der Waals surface area contributed by atoms with Gasteiger partial charge in [0, 0.05) is 22.0 Å². The van der Waals surface area contributed by atoms with Crippen LogP contribution in [0.25, 0.3) is 10.9 Å². The van der Waals surface area contributed by atoms with E-state index in [1.54, 1.807) is 11.3 Å². The highest BCUT2D eigenvalue weighted by Crippen LogP contribution is 2.71. The van der Waals surface area contributed by atoms with Crippen LogP contribution in [-0.2, 0) is 16.6 Å². The summed E-state index contributed by atoms with van der Waals surface area (Å²) in [5.41, 5.74) is 4.38. The Hall–Kier alpha value is -1.32. The number of hydrogen-bond donors (Lipinski definition) is 2. The van der Waals surface area contributed by atoms with Gasteiger partial charge in [0.1, 0.15) is 0 Å². The van der Waals surface area contributed by atoms with Gasteiger partial charge in [-0.15, -0.1) is 0 Å². The molecule has 1 aromatic heterocycles. The van der Waals surface area contributed by atoms with Gasteiger partial charge in [0.2, 0.25) is 0 Å². The molecule has 6 rings (SSSR count). The maximum absolute atomic E-state index is 10.6. The predicted octanol–water partition coefficient (Wildman–Crippen LogP) is 6.13. The number of aromatic amines is 1. The van der Waals surface area contributed by atoms with Crippen molar-refractivity contribution in [1.82, 2.24) is 4.98 Å². The highest BCUT2D eigenvalue weighted by molar-refractivity contribution is 5.86. The number of fused-ring (bicyclic) bond motifs is 9. The summed E-state index contributed by atoms with van der Waals surface area (Å²) in [5.74, 6) is 1.41. The van der Waals surface area contributed by atoms with E-state index in [1.165, 1.54) is 43.0 Å². The van der Waals surface area contributed by atoms with Crippen LogP contribution in [0.15, 0.2) is 24.3 Å². The van der Waals surface area contributed by atoms with Gasteiger partial charge in [-0.05, 0) is 93.1 Å². The first-order valence-corrected chi connectivity index (χ1v) is 12.6. The predicted molar refractivity (Wildman–Crippen MR) is 125 cm³/mol. The van der Waals surface area contributed by atoms with E-state index in [1.807, 2.05) is 13.8 Å². The zero-order valence-corrected chi connectivity index (χ0v) is 19.9. The van der Waals surface area contributed by atoms with E-state index in [0.29, 0.717) is 5.92 Å². The molecule has 2 saturated carbocycles. The lowest BCUT2D eigenvalue weighted by atomic mass is 9.40. The van der Waals surface area contributed by atoms with Crippen LogP contribution >= 0.6 is 0 Å². The van der Waals surface area contributed by atoms with Crippen molar-refractivity contribution in [2.45, 2.75) is 103 Å². The third-order valence-electron chi connectivity index (χ3n) is 10.9. The molecule has 0 unspecified atom stereocenters. The normalized spacial score (nSPS) is 44.5. The minimum Gasteiger partial charge on any atom is -0.388 e. The van der Waals surface area contributed by atoms with Crippen molar-refractivity contribution < 1.29 is 9.84 Å². The third kappa shape index (κ3) is 2.43. The standard InChI is InChI=1S/C28H39NO2/c1-25(2,30)22-12-14-26(3)21-11-10-17-16-19-18-8-6-7-9-20(18)29-24(19)28(17,5)27(21,4)15-13-23(26)31-22/h6-9,17,21-23,29-30H,10-16H2,1-5H3/t17-,21-,22-,23-,26-,27-,28+/m0/s1. The van der Waals surface area contributed by atoms with Crippen molar-refractivity contribution in [2.24, 2.45) is 22.7 Å². The largest absolute Gasteiger partial charge is 0.388 e. The molecule has 1 aliphatic heterocycles. The summed E-state index contributed by atoms with van der Waals surface area (Å²) in [4.78, 5) is 3.92. The van der Waals surface area contributed by atoms with Crippen LogP contribution in [0.4, 0.5) is 0 Å². The molecule has 0 radical (unpaired) electrons. The van der Waals surface area contributed by atoms with Gasteiger partial charge in [-0.3, -0.25) is 0 Å². The Kier molecular flexibility index (Phi) is 4.04. The molecular weight excluding hydrogens is 382 g/mol. The molecule has 0 bridgehead atoms. The van der Waals surface area contributed by atoms with Crippen molar-refractivity contribution in [3.8, 4) is 0 Å². The van der Waals surface area contributed by atoms with Crippen molar-refractivity contribution in [1.29, 1.82) is 0 Å². The number of H-pyrrole nitrogens is 1. The highest BCUT2D eigenvalue weighted by Gasteiger charge is 2.67. The van der Waals surface area contributed by atoms with Crippen LogP contribution in [0.3, 0.4) is 0 Å². The van der Waals surface area contributed by atoms with Gasteiger partial charge in [-0.2, -0.15) is 0 Å². The first kappa shape index (κ1) is 20.3. The molecule has 7 atom stereocenters. The summed E-state index contributed by atoms with van der Waals surface area (Å²) in [6.07, 6.45) is 8.61. The van der Waals surface area contributed by atoms with Crippen molar-refractivity contribution in [3.63, 3.8) is 0 Å². The van der Waals surface area contributed by atoms with Crippen LogP contribution in [-0.4, -0.2) is 27.9 Å². The van der Waals surface area contributed by atoms with Gasteiger partial charge in [0.15, 0.2) is 0 Å². The van der Waals surface area contributed by atoms with Crippen LogP contribution in [0.2, 0.25) is 0 Å². The Bertz CT molecular complexity index is 1030. The fourth-order valence-corrected chi connectivity index (χ4v) is 8.96. The number of benzene rings is 1. The lowest BCUT2D eigenvalue weighted by Gasteiger charge is -2.67. The van der Waals surface area contributed by atoms with E-state index in [4.69, 9.17) is 4.74 Å². The molecule has 168 valence electrons. The second kappa shape index (κ2) is 6.17. The molecule has 1 saturated heterocycles. The Morgan fingerprint density at radius 1 is 1.03 bits per heavy atom. The van der Waals surface area contributed by atoms with E-state index in [-0.39, 0.29) is 28.5 Å². The smallest absolute Gasteiger partial charge is 0.0860 e. The molecule has 0 amide bonds. The van der Waals surface area contributed by atoms with Crippen LogP contribution in [0.1, 0.15) is 84.4 Å². The summed E-state index contributed by atoms with van der Waals surface area (Å²) >= 11 is 0. The minimum absolute atomic E-state index is 0.0337. The van der Waals surface area contributed by atoms with Crippen molar-refractivity contribution >= 4 is 10.9 Å². The van der Waals surface area contributed by atoms with Crippen LogP contribution in [0, 0.1) is 22.7 Å². The highest BCUT2D eigenvalue weighted by atomic mass is 16.5. The quantitative estimate of drug-likeness (QED) is 0.581. The van der Waals surface area contributed by atoms with E-state index in [9.17, 15) is 5.11 Å². The Balaban J connectivity index is 1.42. The molecular formula is C28H39NO2. The fraction of sp³-hybridized carbons (Fsp3) is 0.714. The molecule has 4 aliphatic rings. The van der Waals surface area contributed by atoms with Crippen molar-refractivity contribution in [2.75, 3.05) is 0 Å². The molecule has 1 aromatic carbocycles. The first-order valence-electron chi connectivity index (χ1n) is 12.6. The van der Waals surface area contributed by atoms with E-state index < -0.39 is 5.60 Å². The van der Waals surface area contributed by atoms with Crippen molar-refractivity contribution in [3.05, 3.63) is 35.5 Å². The van der Waals surface area contributed by atoms with E-state index >= 15 is 0 Å². The Morgan fingerprint density at radius 3 is 2.58 bits per heavy atom.